The maximum absolute atomic E-state index is 12.8. The van der Waals surface area contributed by atoms with Crippen LogP contribution in [0.25, 0.3) is 0 Å². The molecule has 1 aliphatic heterocycles. The van der Waals surface area contributed by atoms with Crippen LogP contribution < -0.4 is 0 Å². The Morgan fingerprint density at radius 3 is 2.43 bits per heavy atom. The monoisotopic (exact) mass is 317 g/mol. The van der Waals surface area contributed by atoms with E-state index >= 15 is 0 Å². The van der Waals surface area contributed by atoms with E-state index in [9.17, 15) is 4.79 Å². The predicted octanol–water partition coefficient (Wildman–Crippen LogP) is 3.95. The van der Waals surface area contributed by atoms with Crippen molar-refractivity contribution in [3.05, 3.63) is 24.3 Å². The molecule has 1 fully saturated rings. The summed E-state index contributed by atoms with van der Waals surface area (Å²) in [6, 6.07) is 0.350. The van der Waals surface area contributed by atoms with Gasteiger partial charge in [-0.2, -0.15) is 0 Å². The van der Waals surface area contributed by atoms with E-state index in [0.29, 0.717) is 24.5 Å². The molecule has 1 heterocycles. The Morgan fingerprint density at radius 2 is 1.78 bits per heavy atom. The van der Waals surface area contributed by atoms with E-state index < -0.39 is 0 Å². The second-order valence-electron chi connectivity index (χ2n) is 7.44. The molecule has 4 unspecified atom stereocenters. The van der Waals surface area contributed by atoms with Crippen LogP contribution in [0.3, 0.4) is 0 Å². The molecular formula is C20H31NO2. The predicted molar refractivity (Wildman–Crippen MR) is 93.1 cm³/mol. The lowest BCUT2D eigenvalue weighted by Gasteiger charge is -2.30. The van der Waals surface area contributed by atoms with E-state index in [4.69, 9.17) is 4.74 Å². The molecule has 3 rings (SSSR count). The Labute approximate surface area is 140 Å². The molecule has 4 atom stereocenters. The summed E-state index contributed by atoms with van der Waals surface area (Å²) in [6.45, 7) is 5.03. The first kappa shape index (κ1) is 16.8. The Morgan fingerprint density at radius 1 is 1.09 bits per heavy atom. The lowest BCUT2D eigenvalue weighted by atomic mass is 9.77. The average Bonchev–Trinajstić information content (AvgIpc) is 3.27. The van der Waals surface area contributed by atoms with Crippen LogP contribution in [0, 0.1) is 17.8 Å². The highest BCUT2D eigenvalue weighted by Gasteiger charge is 2.36. The first-order valence-corrected chi connectivity index (χ1v) is 9.49. The van der Waals surface area contributed by atoms with Crippen LogP contribution in [-0.2, 0) is 9.53 Å². The smallest absolute Gasteiger partial charge is 0.310 e. The van der Waals surface area contributed by atoms with Gasteiger partial charge in [-0.15, -0.1) is 0 Å². The van der Waals surface area contributed by atoms with Crippen LogP contribution in [0.5, 0.6) is 0 Å². The highest BCUT2D eigenvalue weighted by molar-refractivity contribution is 5.74. The second-order valence-corrected chi connectivity index (χ2v) is 7.44. The zero-order valence-electron chi connectivity index (χ0n) is 14.5. The molecular weight excluding hydrogens is 286 g/mol. The standard InChI is InChI=1S/C20H31NO2/c1-16(21-13-7-8-14-21)15-23-20(22)19(18-11-5-6-12-18)17-9-3-2-4-10-17/h3,5,9,11,16-19H,2,4,6-8,10,12-15H2,1H3. The lowest BCUT2D eigenvalue weighted by Crippen LogP contribution is -2.37. The molecule has 0 saturated carbocycles. The Hall–Kier alpha value is -1.09. The van der Waals surface area contributed by atoms with E-state index in [1.54, 1.807) is 0 Å². The van der Waals surface area contributed by atoms with Crippen molar-refractivity contribution < 1.29 is 9.53 Å². The first-order chi connectivity index (χ1) is 11.3. The fraction of sp³-hybridized carbons (Fsp3) is 0.750. The normalized spacial score (nSPS) is 30.5. The van der Waals surface area contributed by atoms with Gasteiger partial charge in [-0.1, -0.05) is 24.3 Å². The van der Waals surface area contributed by atoms with Crippen molar-refractivity contribution in [1.82, 2.24) is 4.90 Å². The van der Waals surface area contributed by atoms with Gasteiger partial charge >= 0.3 is 5.97 Å². The van der Waals surface area contributed by atoms with Crippen LogP contribution in [-0.4, -0.2) is 36.6 Å². The molecule has 0 aromatic carbocycles. The van der Waals surface area contributed by atoms with Gasteiger partial charge in [0, 0.05) is 6.04 Å². The number of hydrogen-bond donors (Lipinski definition) is 0. The summed E-state index contributed by atoms with van der Waals surface area (Å²) in [5.74, 6) is 0.795. The van der Waals surface area contributed by atoms with Gasteiger partial charge in [-0.05, 0) is 76.8 Å². The van der Waals surface area contributed by atoms with Crippen molar-refractivity contribution >= 4 is 5.97 Å². The van der Waals surface area contributed by atoms with Gasteiger partial charge in [-0.25, -0.2) is 0 Å². The number of hydrogen-bond acceptors (Lipinski definition) is 3. The Bertz CT molecular complexity index is 451. The molecule has 23 heavy (non-hydrogen) atoms. The zero-order chi connectivity index (χ0) is 16.1. The molecule has 3 nitrogen and oxygen atoms in total. The van der Waals surface area contributed by atoms with Gasteiger partial charge < -0.3 is 4.74 Å². The summed E-state index contributed by atoms with van der Waals surface area (Å²) >= 11 is 0. The van der Waals surface area contributed by atoms with E-state index in [1.165, 1.54) is 19.3 Å². The van der Waals surface area contributed by atoms with E-state index in [-0.39, 0.29) is 11.9 Å². The third kappa shape index (κ3) is 4.26. The van der Waals surface area contributed by atoms with Crippen molar-refractivity contribution in [2.75, 3.05) is 19.7 Å². The van der Waals surface area contributed by atoms with E-state index in [1.807, 2.05) is 0 Å². The van der Waals surface area contributed by atoms with E-state index in [0.717, 1.165) is 38.8 Å². The fourth-order valence-electron chi connectivity index (χ4n) is 4.35. The van der Waals surface area contributed by atoms with Gasteiger partial charge in [0.05, 0.1) is 5.92 Å². The number of allylic oxidation sites excluding steroid dienone is 4. The Kier molecular flexibility index (Phi) is 5.93. The molecule has 0 aromatic heterocycles. The number of esters is 1. The van der Waals surface area contributed by atoms with Crippen molar-refractivity contribution in [3.63, 3.8) is 0 Å². The average molecular weight is 317 g/mol. The molecule has 0 N–H and O–H groups in total. The van der Waals surface area contributed by atoms with Crippen LogP contribution >= 0.6 is 0 Å². The minimum Gasteiger partial charge on any atom is -0.464 e. The summed E-state index contributed by atoms with van der Waals surface area (Å²) in [5, 5.41) is 0. The minimum absolute atomic E-state index is 0.0241. The van der Waals surface area contributed by atoms with Gasteiger partial charge in [0.2, 0.25) is 0 Å². The molecule has 128 valence electrons. The first-order valence-electron chi connectivity index (χ1n) is 9.49. The van der Waals surface area contributed by atoms with Gasteiger partial charge in [0.1, 0.15) is 6.61 Å². The Balaban J connectivity index is 1.59. The molecule has 3 aliphatic rings. The lowest BCUT2D eigenvalue weighted by molar-refractivity contribution is -0.153. The van der Waals surface area contributed by atoms with Crippen molar-refractivity contribution in [2.24, 2.45) is 17.8 Å². The van der Waals surface area contributed by atoms with Crippen molar-refractivity contribution in [3.8, 4) is 0 Å². The van der Waals surface area contributed by atoms with Crippen LogP contribution in [0.1, 0.15) is 51.9 Å². The summed E-state index contributed by atoms with van der Waals surface area (Å²) < 4.78 is 5.80. The number of nitrogens with zero attached hydrogens (tertiary/aromatic N) is 1. The number of ether oxygens (including phenoxy) is 1. The van der Waals surface area contributed by atoms with Gasteiger partial charge in [0.15, 0.2) is 0 Å². The maximum Gasteiger partial charge on any atom is 0.310 e. The second kappa shape index (κ2) is 8.14. The zero-order valence-corrected chi connectivity index (χ0v) is 14.5. The number of rotatable bonds is 6. The van der Waals surface area contributed by atoms with Gasteiger partial charge in [-0.3, -0.25) is 9.69 Å². The third-order valence-electron chi connectivity index (χ3n) is 5.77. The molecule has 1 saturated heterocycles. The van der Waals surface area contributed by atoms with Crippen LogP contribution in [0.4, 0.5) is 0 Å². The van der Waals surface area contributed by atoms with Crippen LogP contribution in [0.2, 0.25) is 0 Å². The summed E-state index contributed by atoms with van der Waals surface area (Å²) in [6.07, 6.45) is 17.2. The SMILES string of the molecule is CC(COC(=O)C(C1C=CCC1)C1C=CCCC1)N1CCCC1. The number of likely N-dealkylation sites (tertiary alicyclic amines) is 1. The summed E-state index contributed by atoms with van der Waals surface area (Å²) in [4.78, 5) is 15.3. The highest BCUT2D eigenvalue weighted by Crippen LogP contribution is 2.36. The topological polar surface area (TPSA) is 29.5 Å². The largest absolute Gasteiger partial charge is 0.464 e. The van der Waals surface area contributed by atoms with Crippen molar-refractivity contribution in [2.45, 2.75) is 57.9 Å². The summed E-state index contributed by atoms with van der Waals surface area (Å²) in [5.41, 5.74) is 0. The van der Waals surface area contributed by atoms with E-state index in [2.05, 4.69) is 36.1 Å². The fourth-order valence-corrected chi connectivity index (χ4v) is 4.35. The molecule has 0 radical (unpaired) electrons. The highest BCUT2D eigenvalue weighted by atomic mass is 16.5. The number of carbonyl (C=O) groups excluding carboxylic acids is 1. The molecule has 0 amide bonds. The maximum atomic E-state index is 12.8. The minimum atomic E-state index is 0.0241. The molecule has 3 heteroatoms. The summed E-state index contributed by atoms with van der Waals surface area (Å²) in [7, 11) is 0. The molecule has 2 aliphatic carbocycles. The molecule has 0 bridgehead atoms. The third-order valence-corrected chi connectivity index (χ3v) is 5.77. The molecule has 0 spiro atoms. The van der Waals surface area contributed by atoms with Gasteiger partial charge in [0.25, 0.3) is 0 Å². The quantitative estimate of drug-likeness (QED) is 0.549. The number of carbonyl (C=O) groups is 1. The van der Waals surface area contributed by atoms with Crippen molar-refractivity contribution in [1.29, 1.82) is 0 Å². The van der Waals surface area contributed by atoms with Crippen LogP contribution in [0.15, 0.2) is 24.3 Å². The molecule has 0 aromatic rings.